The summed E-state index contributed by atoms with van der Waals surface area (Å²) in [6.45, 7) is 6.26. The van der Waals surface area contributed by atoms with E-state index in [1.54, 1.807) is 82.3 Å². The Morgan fingerprint density at radius 3 is 2.13 bits per heavy atom. The Morgan fingerprint density at radius 1 is 0.925 bits per heavy atom. The lowest BCUT2D eigenvalue weighted by Crippen LogP contribution is -2.44. The average molecular weight is 724 g/mol. The molecular weight excluding hydrogens is 682 g/mol. The van der Waals surface area contributed by atoms with Crippen molar-refractivity contribution >= 4 is 41.2 Å². The molecule has 2 atom stereocenters. The molecule has 1 aromatic heterocycles. The number of para-hydroxylation sites is 1. The summed E-state index contributed by atoms with van der Waals surface area (Å²) < 4.78 is 11.3. The number of aliphatic hydroxyl groups is 1. The number of nitrogens with zero attached hydrogens (tertiary/aromatic N) is 2. The smallest absolute Gasteiger partial charge is 0.339 e. The van der Waals surface area contributed by atoms with Gasteiger partial charge in [-0.2, -0.15) is 0 Å². The van der Waals surface area contributed by atoms with Crippen molar-refractivity contribution in [1.82, 2.24) is 4.90 Å². The summed E-state index contributed by atoms with van der Waals surface area (Å²) in [5.74, 6) is -5.57. The molecule has 0 saturated carbocycles. The van der Waals surface area contributed by atoms with Crippen molar-refractivity contribution in [2.75, 3.05) is 11.9 Å². The fourth-order valence-electron chi connectivity index (χ4n) is 5.48. The lowest BCUT2D eigenvalue weighted by atomic mass is 9.87. The van der Waals surface area contributed by atoms with E-state index in [1.165, 1.54) is 23.1 Å². The first-order chi connectivity index (χ1) is 25.1. The summed E-state index contributed by atoms with van der Waals surface area (Å²) in [4.78, 5) is 64.3. The van der Waals surface area contributed by atoms with Gasteiger partial charge in [-0.3, -0.25) is 24.5 Å². The molecule has 276 valence electrons. The molecule has 0 fully saturated rings. The number of rotatable bonds is 15. The molecule has 0 unspecified atom stereocenters. The molecule has 0 bridgehead atoms. The topological polar surface area (TPSA) is 190 Å². The second-order valence-electron chi connectivity index (χ2n) is 13.2. The quantitative estimate of drug-likeness (QED) is 0.0368. The third-order valence-electron chi connectivity index (χ3n) is 8.08. The maximum atomic E-state index is 14.2. The number of esters is 1. The third-order valence-corrected chi connectivity index (χ3v) is 8.08. The number of benzene rings is 3. The highest BCUT2D eigenvalue weighted by molar-refractivity contribution is 6.04. The Kier molecular flexibility index (Phi) is 13.1. The van der Waals surface area contributed by atoms with Crippen LogP contribution in [-0.4, -0.2) is 62.0 Å². The summed E-state index contributed by atoms with van der Waals surface area (Å²) in [5.41, 5.74) is -0.0117. The number of nitrogens with one attached hydrogen (secondary N) is 1. The van der Waals surface area contributed by atoms with Crippen molar-refractivity contribution in [1.29, 1.82) is 0 Å². The van der Waals surface area contributed by atoms with Crippen LogP contribution in [0.4, 0.5) is 11.4 Å². The summed E-state index contributed by atoms with van der Waals surface area (Å²) in [7, 11) is 0. The molecule has 0 aliphatic rings. The SMILES string of the molecule is C[C@H]([C@H](Cc1ccc(C(=O)Nc2ccccc2)o1)c1ccc([N+](=O)[O-])cc1)N(CC=Cc1ccccc1)C(=O)C(O)=C(CC(=O)O)C(=O)OC(C)(C)C. The molecule has 3 aromatic carbocycles. The van der Waals surface area contributed by atoms with Gasteiger partial charge in [0.15, 0.2) is 11.5 Å². The number of aliphatic carboxylic acids is 1. The minimum absolute atomic E-state index is 0.0222. The average Bonchev–Trinajstić information content (AvgIpc) is 3.60. The molecule has 1 heterocycles. The number of hydrogen-bond acceptors (Lipinski definition) is 9. The monoisotopic (exact) mass is 723 g/mol. The second kappa shape index (κ2) is 17.6. The number of furan rings is 1. The van der Waals surface area contributed by atoms with Crippen LogP contribution in [0.5, 0.6) is 0 Å². The first-order valence-electron chi connectivity index (χ1n) is 16.7. The van der Waals surface area contributed by atoms with Gasteiger partial charge < -0.3 is 29.6 Å². The normalized spacial score (nSPS) is 13.1. The number of carbonyl (C=O) groups is 4. The van der Waals surface area contributed by atoms with E-state index in [0.29, 0.717) is 17.0 Å². The van der Waals surface area contributed by atoms with Crippen LogP contribution in [0, 0.1) is 10.1 Å². The summed E-state index contributed by atoms with van der Waals surface area (Å²) in [6, 6.07) is 26.0. The van der Waals surface area contributed by atoms with Gasteiger partial charge in [0, 0.05) is 42.7 Å². The van der Waals surface area contributed by atoms with Crippen LogP contribution in [0.2, 0.25) is 0 Å². The predicted molar refractivity (Wildman–Crippen MR) is 197 cm³/mol. The van der Waals surface area contributed by atoms with Gasteiger partial charge in [0.05, 0.1) is 16.9 Å². The van der Waals surface area contributed by atoms with E-state index in [0.717, 1.165) is 5.56 Å². The Morgan fingerprint density at radius 2 is 1.55 bits per heavy atom. The predicted octanol–water partition coefficient (Wildman–Crippen LogP) is 7.33. The van der Waals surface area contributed by atoms with Crippen molar-refractivity contribution in [2.45, 2.75) is 58.1 Å². The molecule has 0 aliphatic heterocycles. The first kappa shape index (κ1) is 39.3. The van der Waals surface area contributed by atoms with Crippen LogP contribution in [-0.2, 0) is 25.5 Å². The molecular formula is C40H41N3O10. The van der Waals surface area contributed by atoms with Crippen molar-refractivity contribution < 1.29 is 43.5 Å². The van der Waals surface area contributed by atoms with Crippen LogP contribution in [0.1, 0.15) is 67.5 Å². The Bertz CT molecular complexity index is 1980. The van der Waals surface area contributed by atoms with Crippen LogP contribution in [0.3, 0.4) is 0 Å². The van der Waals surface area contributed by atoms with Crippen molar-refractivity contribution in [3.63, 3.8) is 0 Å². The standard InChI is InChI=1S/C40H41N3O10/c1-26(42(23-11-14-27-12-7-5-8-13-27)38(48)36(46)33(25-35(44)45)39(49)53-40(2,3)4)32(28-17-19-30(20-18-28)43(50)51)24-31-21-22-34(52-31)37(47)41-29-15-9-6-10-16-29/h5-22,26,32,46H,23-25H2,1-4H3,(H,41,47)(H,44,45)/t26-,32+/m1/s1. The molecule has 13 nitrogen and oxygen atoms in total. The van der Waals surface area contributed by atoms with E-state index in [1.807, 2.05) is 36.4 Å². The summed E-state index contributed by atoms with van der Waals surface area (Å²) >= 11 is 0. The van der Waals surface area contributed by atoms with Gasteiger partial charge in [-0.05, 0) is 63.1 Å². The lowest BCUT2D eigenvalue weighted by Gasteiger charge is -2.34. The van der Waals surface area contributed by atoms with E-state index < -0.39 is 64.0 Å². The Hall–Kier alpha value is -6.50. The number of anilines is 1. The zero-order valence-electron chi connectivity index (χ0n) is 29.7. The fraction of sp³-hybridized carbons (Fsp3) is 0.250. The van der Waals surface area contributed by atoms with Crippen molar-refractivity contribution in [3.05, 3.63) is 147 Å². The van der Waals surface area contributed by atoms with Gasteiger partial charge in [-0.1, -0.05) is 72.8 Å². The fourth-order valence-corrected chi connectivity index (χ4v) is 5.48. The highest BCUT2D eigenvalue weighted by Crippen LogP contribution is 2.31. The first-order valence-corrected chi connectivity index (χ1v) is 16.7. The highest BCUT2D eigenvalue weighted by atomic mass is 16.6. The molecule has 0 radical (unpaired) electrons. The van der Waals surface area contributed by atoms with Gasteiger partial charge >= 0.3 is 11.9 Å². The number of nitro groups is 1. The number of carboxylic acid groups (broad SMARTS) is 1. The van der Waals surface area contributed by atoms with Crippen LogP contribution >= 0.6 is 0 Å². The van der Waals surface area contributed by atoms with Gasteiger partial charge in [-0.15, -0.1) is 0 Å². The minimum atomic E-state index is -1.47. The molecule has 0 spiro atoms. The largest absolute Gasteiger partial charge is 0.503 e. The number of ether oxygens (including phenoxy) is 1. The molecule has 0 saturated heterocycles. The molecule has 4 rings (SSSR count). The van der Waals surface area contributed by atoms with Crippen LogP contribution in [0.15, 0.2) is 119 Å². The number of non-ortho nitro benzene ring substituents is 1. The van der Waals surface area contributed by atoms with E-state index in [2.05, 4.69) is 5.32 Å². The number of hydrogen-bond donors (Lipinski definition) is 3. The molecule has 13 heteroatoms. The molecule has 0 aliphatic carbocycles. The maximum absolute atomic E-state index is 14.2. The number of amides is 2. The third kappa shape index (κ3) is 11.2. The van der Waals surface area contributed by atoms with Crippen molar-refractivity contribution in [2.24, 2.45) is 0 Å². The number of aliphatic hydroxyl groups excluding tert-OH is 1. The maximum Gasteiger partial charge on any atom is 0.339 e. The van der Waals surface area contributed by atoms with Gasteiger partial charge in [0.2, 0.25) is 0 Å². The van der Waals surface area contributed by atoms with Gasteiger partial charge in [0.1, 0.15) is 11.4 Å². The number of carboxylic acids is 1. The van der Waals surface area contributed by atoms with Crippen molar-refractivity contribution in [3.8, 4) is 0 Å². The van der Waals surface area contributed by atoms with E-state index in [-0.39, 0.29) is 24.4 Å². The number of nitro benzene ring substituents is 1. The van der Waals surface area contributed by atoms with Crippen LogP contribution < -0.4 is 5.32 Å². The summed E-state index contributed by atoms with van der Waals surface area (Å²) in [6.07, 6.45) is 2.53. The van der Waals surface area contributed by atoms with E-state index >= 15 is 0 Å². The second-order valence-corrected chi connectivity index (χ2v) is 13.2. The molecule has 53 heavy (non-hydrogen) atoms. The lowest BCUT2D eigenvalue weighted by molar-refractivity contribution is -0.384. The zero-order valence-corrected chi connectivity index (χ0v) is 29.7. The molecule has 2 amide bonds. The van der Waals surface area contributed by atoms with Crippen LogP contribution in [0.25, 0.3) is 6.08 Å². The van der Waals surface area contributed by atoms with Gasteiger partial charge in [-0.25, -0.2) is 4.79 Å². The zero-order chi connectivity index (χ0) is 38.7. The molecule has 4 aromatic rings. The summed E-state index contributed by atoms with van der Waals surface area (Å²) in [5, 5.41) is 35.1. The Labute approximate surface area is 306 Å². The van der Waals surface area contributed by atoms with Gasteiger partial charge in [0.25, 0.3) is 17.5 Å². The molecule has 3 N–H and O–H groups in total. The Balaban J connectivity index is 1.77. The van der Waals surface area contributed by atoms with E-state index in [9.17, 15) is 39.5 Å². The highest BCUT2D eigenvalue weighted by Gasteiger charge is 2.35. The minimum Gasteiger partial charge on any atom is -0.503 e. The van der Waals surface area contributed by atoms with E-state index in [4.69, 9.17) is 9.15 Å². The number of carbonyl (C=O) groups excluding carboxylic acids is 3.